The summed E-state index contributed by atoms with van der Waals surface area (Å²) in [6.07, 6.45) is 1.95. The zero-order chi connectivity index (χ0) is 20.7. The number of carbonyl (C=O) groups is 2. The molecule has 0 aliphatic carbocycles. The van der Waals surface area contributed by atoms with E-state index in [1.807, 2.05) is 32.0 Å². The van der Waals surface area contributed by atoms with Gasteiger partial charge in [-0.1, -0.05) is 25.1 Å². The number of aromatic nitrogens is 1. The third-order valence-electron chi connectivity index (χ3n) is 5.67. The van der Waals surface area contributed by atoms with Crippen LogP contribution >= 0.6 is 0 Å². The van der Waals surface area contributed by atoms with Gasteiger partial charge < -0.3 is 14.8 Å². The summed E-state index contributed by atoms with van der Waals surface area (Å²) in [5.41, 5.74) is 4.38. The van der Waals surface area contributed by atoms with Crippen molar-refractivity contribution in [2.75, 3.05) is 16.8 Å². The standard InChI is InChI=1S/C23H24FN3O2/c1-4-15-8-5-7-14(2)20(15)25-23(29)22-21(27-12-6-9-19(27)28)17-13-16(24)10-11-18(17)26(22)3/h5,7-8,10-11,13H,4,6,9,12H2,1-3H3,(H,25,29). The molecule has 0 unspecified atom stereocenters. The average Bonchev–Trinajstić information content (AvgIpc) is 3.23. The Morgan fingerprint density at radius 1 is 1.24 bits per heavy atom. The smallest absolute Gasteiger partial charge is 0.274 e. The van der Waals surface area contributed by atoms with Crippen molar-refractivity contribution >= 4 is 34.1 Å². The van der Waals surface area contributed by atoms with Crippen LogP contribution < -0.4 is 10.2 Å². The summed E-state index contributed by atoms with van der Waals surface area (Å²) in [7, 11) is 1.78. The number of nitrogens with zero attached hydrogens (tertiary/aromatic N) is 2. The van der Waals surface area contributed by atoms with E-state index in [9.17, 15) is 14.0 Å². The van der Waals surface area contributed by atoms with Crippen LogP contribution in [0, 0.1) is 12.7 Å². The van der Waals surface area contributed by atoms with Crippen molar-refractivity contribution in [1.82, 2.24) is 4.57 Å². The molecule has 4 rings (SSSR count). The highest BCUT2D eigenvalue weighted by atomic mass is 19.1. The molecule has 1 aliphatic heterocycles. The lowest BCUT2D eigenvalue weighted by Gasteiger charge is -2.19. The summed E-state index contributed by atoms with van der Waals surface area (Å²) in [6.45, 7) is 4.52. The normalized spacial score (nSPS) is 14.1. The number of halogens is 1. The van der Waals surface area contributed by atoms with E-state index < -0.39 is 5.82 Å². The van der Waals surface area contributed by atoms with E-state index >= 15 is 0 Å². The highest BCUT2D eigenvalue weighted by Gasteiger charge is 2.31. The highest BCUT2D eigenvalue weighted by molar-refractivity contribution is 6.17. The second kappa shape index (κ2) is 7.35. The van der Waals surface area contributed by atoms with Gasteiger partial charge >= 0.3 is 0 Å². The Labute approximate surface area is 169 Å². The lowest BCUT2D eigenvalue weighted by atomic mass is 10.1. The summed E-state index contributed by atoms with van der Waals surface area (Å²) >= 11 is 0. The summed E-state index contributed by atoms with van der Waals surface area (Å²) in [5.74, 6) is -0.737. The third-order valence-corrected chi connectivity index (χ3v) is 5.67. The Morgan fingerprint density at radius 2 is 2.03 bits per heavy atom. The molecule has 150 valence electrons. The molecule has 1 aromatic heterocycles. The number of rotatable bonds is 4. The van der Waals surface area contributed by atoms with Crippen LogP contribution in [0.5, 0.6) is 0 Å². The molecule has 0 bridgehead atoms. The van der Waals surface area contributed by atoms with Gasteiger partial charge in [0.15, 0.2) is 0 Å². The van der Waals surface area contributed by atoms with Gasteiger partial charge in [0.25, 0.3) is 5.91 Å². The Balaban J connectivity index is 1.88. The first-order chi connectivity index (χ1) is 13.9. The minimum Gasteiger partial charge on any atom is -0.338 e. The predicted molar refractivity (Wildman–Crippen MR) is 113 cm³/mol. The topological polar surface area (TPSA) is 54.3 Å². The summed E-state index contributed by atoms with van der Waals surface area (Å²) < 4.78 is 15.8. The fourth-order valence-electron chi connectivity index (χ4n) is 4.19. The number of fused-ring (bicyclic) bond motifs is 1. The van der Waals surface area contributed by atoms with E-state index in [1.165, 1.54) is 12.1 Å². The summed E-state index contributed by atoms with van der Waals surface area (Å²) in [5, 5.41) is 3.63. The van der Waals surface area contributed by atoms with Gasteiger partial charge in [0.2, 0.25) is 5.91 Å². The van der Waals surface area contributed by atoms with Crippen molar-refractivity contribution in [3.63, 3.8) is 0 Å². The van der Waals surface area contributed by atoms with Gasteiger partial charge in [-0.25, -0.2) is 4.39 Å². The van der Waals surface area contributed by atoms with Gasteiger partial charge in [-0.2, -0.15) is 0 Å². The van der Waals surface area contributed by atoms with E-state index in [0.717, 1.165) is 29.7 Å². The lowest BCUT2D eigenvalue weighted by molar-refractivity contribution is -0.117. The fraction of sp³-hybridized carbons (Fsp3) is 0.304. The molecule has 5 nitrogen and oxygen atoms in total. The summed E-state index contributed by atoms with van der Waals surface area (Å²) in [6, 6.07) is 10.3. The zero-order valence-electron chi connectivity index (χ0n) is 16.9. The zero-order valence-corrected chi connectivity index (χ0v) is 16.9. The lowest BCUT2D eigenvalue weighted by Crippen LogP contribution is -2.27. The van der Waals surface area contributed by atoms with Crippen molar-refractivity contribution in [3.05, 3.63) is 59.0 Å². The summed E-state index contributed by atoms with van der Waals surface area (Å²) in [4.78, 5) is 27.5. The van der Waals surface area contributed by atoms with Crippen LogP contribution in [0.15, 0.2) is 36.4 Å². The number of carbonyl (C=O) groups excluding carboxylic acids is 2. The molecule has 1 fully saturated rings. The highest BCUT2D eigenvalue weighted by Crippen LogP contribution is 2.37. The van der Waals surface area contributed by atoms with Gasteiger partial charge in [0, 0.05) is 31.1 Å². The molecular weight excluding hydrogens is 369 g/mol. The Morgan fingerprint density at radius 3 is 2.72 bits per heavy atom. The van der Waals surface area contributed by atoms with E-state index in [4.69, 9.17) is 0 Å². The van der Waals surface area contributed by atoms with Gasteiger partial charge in [-0.15, -0.1) is 0 Å². The number of hydrogen-bond acceptors (Lipinski definition) is 2. The van der Waals surface area contributed by atoms with Gasteiger partial charge in [-0.05, 0) is 49.1 Å². The number of amides is 2. The molecule has 0 atom stereocenters. The van der Waals surface area contributed by atoms with Gasteiger partial charge in [0.05, 0.1) is 11.2 Å². The molecule has 2 heterocycles. The van der Waals surface area contributed by atoms with E-state index in [-0.39, 0.29) is 11.8 Å². The number of para-hydroxylation sites is 1. The van der Waals surface area contributed by atoms with Crippen LogP contribution in [0.25, 0.3) is 10.9 Å². The number of aryl methyl sites for hydroxylation is 3. The van der Waals surface area contributed by atoms with E-state index in [2.05, 4.69) is 5.32 Å². The monoisotopic (exact) mass is 393 g/mol. The molecule has 0 radical (unpaired) electrons. The molecule has 0 spiro atoms. The number of benzene rings is 2. The molecule has 1 N–H and O–H groups in total. The maximum Gasteiger partial charge on any atom is 0.274 e. The van der Waals surface area contributed by atoms with Crippen molar-refractivity contribution in [1.29, 1.82) is 0 Å². The molecule has 2 aromatic carbocycles. The first kappa shape index (κ1) is 19.2. The average molecular weight is 393 g/mol. The van der Waals surface area contributed by atoms with Gasteiger partial charge in [-0.3, -0.25) is 9.59 Å². The molecule has 1 aliphatic rings. The largest absolute Gasteiger partial charge is 0.338 e. The molecular formula is C23H24FN3O2. The number of nitrogens with one attached hydrogen (secondary N) is 1. The van der Waals surface area contributed by atoms with Crippen LogP contribution in [0.3, 0.4) is 0 Å². The van der Waals surface area contributed by atoms with Crippen LogP contribution in [0.4, 0.5) is 15.8 Å². The van der Waals surface area contributed by atoms with Crippen molar-refractivity contribution in [3.8, 4) is 0 Å². The Bertz CT molecular complexity index is 1130. The molecule has 6 heteroatoms. The fourth-order valence-corrected chi connectivity index (χ4v) is 4.19. The van der Waals surface area contributed by atoms with Crippen LogP contribution in [0.1, 0.15) is 41.4 Å². The Hall–Kier alpha value is -3.15. The molecule has 29 heavy (non-hydrogen) atoms. The van der Waals surface area contributed by atoms with Crippen molar-refractivity contribution < 1.29 is 14.0 Å². The molecule has 2 amide bonds. The first-order valence-electron chi connectivity index (χ1n) is 9.90. The Kier molecular flexibility index (Phi) is 4.86. The maximum absolute atomic E-state index is 14.0. The SMILES string of the molecule is CCc1cccc(C)c1NC(=O)c1c(N2CCCC2=O)c2cc(F)ccc2n1C. The van der Waals surface area contributed by atoms with E-state index in [0.29, 0.717) is 35.2 Å². The first-order valence-corrected chi connectivity index (χ1v) is 9.90. The second-order valence-corrected chi connectivity index (χ2v) is 7.48. The van der Waals surface area contributed by atoms with Gasteiger partial charge in [0.1, 0.15) is 11.5 Å². The minimum absolute atomic E-state index is 0.0408. The quantitative estimate of drug-likeness (QED) is 0.706. The van der Waals surface area contributed by atoms with E-state index in [1.54, 1.807) is 22.6 Å². The predicted octanol–water partition coefficient (Wildman–Crippen LogP) is 4.57. The van der Waals surface area contributed by atoms with Crippen LogP contribution in [-0.4, -0.2) is 22.9 Å². The number of anilines is 2. The second-order valence-electron chi connectivity index (χ2n) is 7.48. The van der Waals surface area contributed by atoms with Crippen LogP contribution in [-0.2, 0) is 18.3 Å². The maximum atomic E-state index is 14.0. The molecule has 0 saturated carbocycles. The number of hydrogen-bond donors (Lipinski definition) is 1. The van der Waals surface area contributed by atoms with Crippen molar-refractivity contribution in [2.45, 2.75) is 33.1 Å². The minimum atomic E-state index is -0.393. The van der Waals surface area contributed by atoms with Crippen molar-refractivity contribution in [2.24, 2.45) is 7.05 Å². The van der Waals surface area contributed by atoms with Crippen LogP contribution in [0.2, 0.25) is 0 Å². The molecule has 3 aromatic rings. The molecule has 1 saturated heterocycles. The third kappa shape index (κ3) is 3.18.